The Morgan fingerprint density at radius 2 is 1.72 bits per heavy atom. The van der Waals surface area contributed by atoms with E-state index < -0.39 is 21.4 Å². The highest BCUT2D eigenvalue weighted by Gasteiger charge is 2.18. The fourth-order valence-electron chi connectivity index (χ4n) is 2.71. The van der Waals surface area contributed by atoms with Crippen molar-refractivity contribution in [2.45, 2.75) is 4.21 Å². The maximum absolute atomic E-state index is 12.7. The van der Waals surface area contributed by atoms with Gasteiger partial charge in [0.25, 0.3) is 10.0 Å². The predicted octanol–water partition coefficient (Wildman–Crippen LogP) is 4.54. The maximum Gasteiger partial charge on any atom is 0.347 e. The Morgan fingerprint density at radius 1 is 1.00 bits per heavy atom. The molecule has 1 N–H and O–H groups in total. The van der Waals surface area contributed by atoms with Gasteiger partial charge in [0.05, 0.1) is 4.34 Å². The molecule has 2 heterocycles. The van der Waals surface area contributed by atoms with Crippen LogP contribution >= 0.6 is 22.9 Å². The topological polar surface area (TPSA) is 93.4 Å². The van der Waals surface area contributed by atoms with Crippen LogP contribution in [0.3, 0.4) is 0 Å². The van der Waals surface area contributed by atoms with Gasteiger partial charge in [-0.2, -0.15) is 0 Å². The van der Waals surface area contributed by atoms with E-state index in [1.807, 2.05) is 0 Å². The minimum absolute atomic E-state index is 0.0800. The molecule has 0 unspecified atom stereocenters. The summed E-state index contributed by atoms with van der Waals surface area (Å²) in [7, 11) is -3.77. The number of carbonyl (C=O) groups is 1. The van der Waals surface area contributed by atoms with Gasteiger partial charge in [0.1, 0.15) is 15.4 Å². The number of benzene rings is 2. The van der Waals surface area contributed by atoms with Crippen molar-refractivity contribution in [3.63, 3.8) is 0 Å². The first-order valence-electron chi connectivity index (χ1n) is 8.29. The van der Waals surface area contributed by atoms with Crippen LogP contribution in [0.5, 0.6) is 0 Å². The van der Waals surface area contributed by atoms with Crippen molar-refractivity contribution < 1.29 is 17.6 Å². The van der Waals surface area contributed by atoms with E-state index >= 15 is 0 Å². The van der Waals surface area contributed by atoms with Gasteiger partial charge < -0.3 is 4.42 Å². The van der Waals surface area contributed by atoms with Crippen LogP contribution in [0.1, 0.15) is 15.9 Å². The summed E-state index contributed by atoms with van der Waals surface area (Å²) >= 11 is 6.73. The van der Waals surface area contributed by atoms with E-state index in [2.05, 4.69) is 4.72 Å². The molecule has 9 heteroatoms. The first-order chi connectivity index (χ1) is 13.8. The molecule has 0 saturated carbocycles. The molecule has 0 aliphatic rings. The van der Waals surface area contributed by atoms with E-state index in [0.29, 0.717) is 15.3 Å². The van der Waals surface area contributed by atoms with Gasteiger partial charge in [-0.25, -0.2) is 13.2 Å². The molecule has 0 spiro atoms. The number of thiophene rings is 1. The largest absolute Gasteiger partial charge is 0.422 e. The van der Waals surface area contributed by atoms with Crippen molar-refractivity contribution in [3.05, 3.63) is 92.6 Å². The van der Waals surface area contributed by atoms with Crippen molar-refractivity contribution in [1.82, 2.24) is 0 Å². The van der Waals surface area contributed by atoms with Crippen molar-refractivity contribution in [3.8, 4) is 0 Å². The Hall–Kier alpha value is -2.94. The number of ketones is 1. The number of carbonyl (C=O) groups excluding carboxylic acids is 1. The molecular formula is C20H12ClNO5S2. The van der Waals surface area contributed by atoms with Crippen LogP contribution in [0.25, 0.3) is 11.0 Å². The van der Waals surface area contributed by atoms with Crippen LogP contribution < -0.4 is 10.3 Å². The molecule has 0 saturated heterocycles. The number of sulfonamides is 1. The average Bonchev–Trinajstić information content (AvgIpc) is 3.15. The van der Waals surface area contributed by atoms with Crippen molar-refractivity contribution in [2.75, 3.05) is 4.72 Å². The third-order valence-corrected chi connectivity index (χ3v) is 7.20. The van der Waals surface area contributed by atoms with E-state index in [4.69, 9.17) is 16.0 Å². The zero-order valence-electron chi connectivity index (χ0n) is 14.6. The highest BCUT2D eigenvalue weighted by Crippen LogP contribution is 2.27. The number of hydrogen-bond acceptors (Lipinski definition) is 6. The molecule has 0 aliphatic heterocycles. The summed E-state index contributed by atoms with van der Waals surface area (Å²) in [6.07, 6.45) is 0. The van der Waals surface area contributed by atoms with E-state index in [0.717, 1.165) is 11.3 Å². The summed E-state index contributed by atoms with van der Waals surface area (Å²) in [4.78, 5) is 24.9. The molecule has 0 radical (unpaired) electrons. The molecular weight excluding hydrogens is 434 g/mol. The zero-order chi connectivity index (χ0) is 20.6. The van der Waals surface area contributed by atoms with E-state index in [-0.39, 0.29) is 21.0 Å². The highest BCUT2D eigenvalue weighted by molar-refractivity contribution is 7.94. The molecule has 4 aromatic rings. The van der Waals surface area contributed by atoms with Gasteiger partial charge in [0.2, 0.25) is 0 Å². The molecule has 2 aromatic carbocycles. The standard InChI is InChI=1S/C20H12ClNO5S2/c21-17-9-10-18(28-17)29(25,26)22-14-7-5-12(6-8-14)19(23)15-11-13-3-1-2-4-16(13)27-20(15)24/h1-11,22H. The second-order valence-corrected chi connectivity index (χ2v) is 9.68. The summed E-state index contributed by atoms with van der Waals surface area (Å²) < 4.78 is 32.8. The molecule has 146 valence electrons. The number of halogens is 1. The number of fused-ring (bicyclic) bond motifs is 1. The molecule has 0 atom stereocenters. The SMILES string of the molecule is O=C(c1ccc(NS(=O)(=O)c2ccc(Cl)s2)cc1)c1cc2ccccc2oc1=O. The molecule has 0 fully saturated rings. The van der Waals surface area contributed by atoms with Crippen LogP contribution in [-0.2, 0) is 10.0 Å². The number of nitrogens with one attached hydrogen (secondary N) is 1. The third kappa shape index (κ3) is 3.95. The highest BCUT2D eigenvalue weighted by atomic mass is 35.5. The van der Waals surface area contributed by atoms with Crippen LogP contribution in [0, 0.1) is 0 Å². The Balaban J connectivity index is 1.60. The van der Waals surface area contributed by atoms with Gasteiger partial charge in [-0.15, -0.1) is 11.3 Å². The Morgan fingerprint density at radius 3 is 2.41 bits per heavy atom. The second kappa shape index (κ2) is 7.47. The average molecular weight is 446 g/mol. The van der Waals surface area contributed by atoms with Crippen molar-refractivity contribution in [2.24, 2.45) is 0 Å². The van der Waals surface area contributed by atoms with Crippen LogP contribution in [0.15, 0.2) is 80.2 Å². The normalized spacial score (nSPS) is 11.5. The predicted molar refractivity (Wildman–Crippen MR) is 112 cm³/mol. The lowest BCUT2D eigenvalue weighted by atomic mass is 10.0. The Labute approximate surface area is 174 Å². The van der Waals surface area contributed by atoms with E-state index in [1.54, 1.807) is 24.3 Å². The van der Waals surface area contributed by atoms with Gasteiger partial charge in [0, 0.05) is 16.6 Å². The fraction of sp³-hybridized carbons (Fsp3) is 0. The number of anilines is 1. The van der Waals surface area contributed by atoms with Gasteiger partial charge in [0.15, 0.2) is 5.78 Å². The van der Waals surface area contributed by atoms with Crippen molar-refractivity contribution >= 4 is 55.4 Å². The lowest BCUT2D eigenvalue weighted by molar-refractivity contribution is 0.103. The minimum atomic E-state index is -3.77. The summed E-state index contributed by atoms with van der Waals surface area (Å²) in [6, 6.07) is 17.1. The van der Waals surface area contributed by atoms with E-state index in [9.17, 15) is 18.0 Å². The fourth-order valence-corrected chi connectivity index (χ4v) is 5.25. The number of para-hydroxylation sites is 1. The molecule has 0 amide bonds. The molecule has 0 aliphatic carbocycles. The lowest BCUT2D eigenvalue weighted by Gasteiger charge is -2.07. The first-order valence-corrected chi connectivity index (χ1v) is 11.0. The van der Waals surface area contributed by atoms with Gasteiger partial charge >= 0.3 is 5.63 Å². The number of hydrogen-bond donors (Lipinski definition) is 1. The Bertz CT molecular complexity index is 1390. The lowest BCUT2D eigenvalue weighted by Crippen LogP contribution is -2.15. The molecule has 2 aromatic heterocycles. The quantitative estimate of drug-likeness (QED) is 0.359. The van der Waals surface area contributed by atoms with Crippen molar-refractivity contribution in [1.29, 1.82) is 0 Å². The molecule has 4 rings (SSSR count). The third-order valence-electron chi connectivity index (χ3n) is 4.10. The summed E-state index contributed by atoms with van der Waals surface area (Å²) in [5.41, 5.74) is 0.0807. The van der Waals surface area contributed by atoms with Gasteiger partial charge in [-0.05, 0) is 48.5 Å². The monoisotopic (exact) mass is 445 g/mol. The zero-order valence-corrected chi connectivity index (χ0v) is 17.0. The summed E-state index contributed by atoms with van der Waals surface area (Å²) in [6.45, 7) is 0. The molecule has 0 bridgehead atoms. The minimum Gasteiger partial charge on any atom is -0.422 e. The van der Waals surface area contributed by atoms with E-state index in [1.165, 1.54) is 42.5 Å². The van der Waals surface area contributed by atoms with Gasteiger partial charge in [-0.1, -0.05) is 29.8 Å². The number of rotatable bonds is 5. The summed E-state index contributed by atoms with van der Waals surface area (Å²) in [5.74, 6) is -0.510. The first kappa shape index (κ1) is 19.4. The van der Waals surface area contributed by atoms with Crippen LogP contribution in [0.2, 0.25) is 4.34 Å². The van der Waals surface area contributed by atoms with Gasteiger partial charge in [-0.3, -0.25) is 9.52 Å². The Kier molecular flexibility index (Phi) is 4.99. The second-order valence-electron chi connectivity index (χ2n) is 6.06. The molecule has 29 heavy (non-hydrogen) atoms. The molecule has 6 nitrogen and oxygen atoms in total. The van der Waals surface area contributed by atoms with Crippen LogP contribution in [0.4, 0.5) is 5.69 Å². The summed E-state index contributed by atoms with van der Waals surface area (Å²) in [5, 5.41) is 0.634. The maximum atomic E-state index is 12.7. The van der Waals surface area contributed by atoms with Crippen LogP contribution in [-0.4, -0.2) is 14.2 Å². The smallest absolute Gasteiger partial charge is 0.347 e.